The molecule has 3 aromatic rings. The molecular formula is C17H10CrO3. The van der Waals surface area contributed by atoms with Crippen molar-refractivity contribution in [1.82, 2.24) is 0 Å². The van der Waals surface area contributed by atoms with Crippen molar-refractivity contribution in [2.24, 2.45) is 0 Å². The summed E-state index contributed by atoms with van der Waals surface area (Å²) in [6.45, 7) is 13.5. The second-order valence-corrected chi connectivity index (χ2v) is 3.55. The van der Waals surface area contributed by atoms with Crippen LogP contribution in [0.5, 0.6) is 0 Å². The summed E-state index contributed by atoms with van der Waals surface area (Å²) in [5.41, 5.74) is 0. The topological polar surface area (TPSA) is 51.2 Å². The summed E-state index contributed by atoms with van der Waals surface area (Å²) in [6.07, 6.45) is 0. The van der Waals surface area contributed by atoms with Crippen LogP contribution in [0.25, 0.3) is 21.5 Å². The maximum atomic E-state index is 7.50. The molecule has 3 nitrogen and oxygen atoms in total. The molecule has 0 fully saturated rings. The number of hydrogen-bond acceptors (Lipinski definition) is 3. The molecular weight excluding hydrogens is 304 g/mol. The zero-order valence-corrected chi connectivity index (χ0v) is 12.2. The molecule has 0 saturated carbocycles. The predicted octanol–water partition coefficient (Wildman–Crippen LogP) is 2.80. The van der Waals surface area contributed by atoms with E-state index in [1.54, 1.807) is 0 Å². The van der Waals surface area contributed by atoms with Gasteiger partial charge in [0.1, 0.15) is 0 Å². The average molecular weight is 314 g/mol. The zero-order chi connectivity index (χ0) is 15.4. The molecule has 0 unspecified atom stereocenters. The molecule has 21 heavy (non-hydrogen) atoms. The minimum absolute atomic E-state index is 0. The van der Waals surface area contributed by atoms with E-state index in [1.807, 2.05) is 0 Å². The van der Waals surface area contributed by atoms with Crippen molar-refractivity contribution >= 4 is 41.9 Å². The van der Waals surface area contributed by atoms with Crippen molar-refractivity contribution < 1.29 is 31.7 Å². The van der Waals surface area contributed by atoms with Gasteiger partial charge in [-0.1, -0.05) is 48.5 Å². The minimum atomic E-state index is 0. The van der Waals surface area contributed by atoms with Gasteiger partial charge in [0.15, 0.2) is 0 Å². The van der Waals surface area contributed by atoms with Crippen molar-refractivity contribution in [3.05, 3.63) is 60.7 Å². The summed E-state index contributed by atoms with van der Waals surface area (Å²) >= 11 is 0. The fraction of sp³-hybridized carbons (Fsp3) is 0. The molecule has 3 rings (SSSR count). The third-order valence-electron chi connectivity index (χ3n) is 2.61. The Labute approximate surface area is 134 Å². The summed E-state index contributed by atoms with van der Waals surface area (Å²) < 4.78 is 0. The van der Waals surface area contributed by atoms with Gasteiger partial charge in [0.25, 0.3) is 20.4 Å². The molecule has 0 aromatic heterocycles. The molecule has 6 radical (unpaired) electrons. The van der Waals surface area contributed by atoms with Gasteiger partial charge in [0, 0.05) is 17.4 Å². The van der Waals surface area contributed by atoms with E-state index in [0.717, 1.165) is 0 Å². The van der Waals surface area contributed by atoms with Gasteiger partial charge in [0.05, 0.1) is 0 Å². The van der Waals surface area contributed by atoms with Crippen molar-refractivity contribution in [1.29, 1.82) is 0 Å². The van der Waals surface area contributed by atoms with Crippen LogP contribution in [0.3, 0.4) is 0 Å². The minimum Gasteiger partial charge on any atom is -0.281 e. The number of hydrogen-bond donors (Lipinski definition) is 0. The molecule has 0 aliphatic heterocycles. The Kier molecular flexibility index (Phi) is 12.8. The van der Waals surface area contributed by atoms with E-state index in [-0.39, 0.29) is 17.4 Å². The van der Waals surface area contributed by atoms with Crippen LogP contribution in [0.1, 0.15) is 0 Å². The fourth-order valence-electron chi connectivity index (χ4n) is 1.88. The Hall–Kier alpha value is -2.28. The molecule has 0 atom stereocenters. The smallest absolute Gasteiger partial charge is 0.281 e. The van der Waals surface area contributed by atoms with Crippen molar-refractivity contribution in [3.63, 3.8) is 0 Å². The monoisotopic (exact) mass is 314 g/mol. The van der Waals surface area contributed by atoms with Gasteiger partial charge < -0.3 is 0 Å². The van der Waals surface area contributed by atoms with Gasteiger partial charge in [0.2, 0.25) is 0 Å². The molecule has 0 N–H and O–H groups in total. The Balaban J connectivity index is 0. The quantitative estimate of drug-likeness (QED) is 0.600. The van der Waals surface area contributed by atoms with Crippen LogP contribution in [0.2, 0.25) is 0 Å². The van der Waals surface area contributed by atoms with E-state index in [2.05, 4.69) is 81.0 Å². The van der Waals surface area contributed by atoms with Gasteiger partial charge in [-0.2, -0.15) is 0 Å². The van der Waals surface area contributed by atoms with E-state index in [0.29, 0.717) is 0 Å². The number of fused-ring (bicyclic) bond motifs is 2. The normalized spacial score (nSPS) is 7.81. The number of carbonyl (C=O) groups excluding carboxylic acids is 3. The fourth-order valence-corrected chi connectivity index (χ4v) is 1.88. The standard InChI is InChI=1S/C14H10.3CO.Cr/c1-2-6-12-10-14-8-4-3-7-13(14)9-11(12)5-1;3*1-2;/h1-10H;;;;. The molecule has 0 saturated heterocycles. The molecule has 4 heteroatoms. The Morgan fingerprint density at radius 2 is 0.667 bits per heavy atom. The van der Waals surface area contributed by atoms with Gasteiger partial charge in [-0.15, -0.1) is 0 Å². The van der Waals surface area contributed by atoms with Gasteiger partial charge in [-0.3, -0.25) is 14.4 Å². The summed E-state index contributed by atoms with van der Waals surface area (Å²) in [6, 6.07) is 21.4. The third-order valence-corrected chi connectivity index (χ3v) is 2.61. The SMILES string of the molecule is [C]=O.[C]=O.[C]=O.[Cr].c1ccc2cc3ccccc3cc2c1. The number of rotatable bonds is 0. The Bertz CT molecular complexity index is 546. The first-order valence-corrected chi connectivity index (χ1v) is 5.42. The van der Waals surface area contributed by atoms with Crippen molar-refractivity contribution in [3.8, 4) is 0 Å². The average Bonchev–Trinajstić information content (AvgIpc) is 2.58. The summed E-state index contributed by atoms with van der Waals surface area (Å²) in [5.74, 6) is 0. The molecule has 102 valence electrons. The molecule has 0 aliphatic rings. The van der Waals surface area contributed by atoms with Crippen LogP contribution < -0.4 is 0 Å². The predicted molar refractivity (Wildman–Crippen MR) is 78.5 cm³/mol. The van der Waals surface area contributed by atoms with Crippen LogP contribution in [0, 0.1) is 0 Å². The molecule has 0 bridgehead atoms. The molecule has 0 amide bonds. The zero-order valence-electron chi connectivity index (χ0n) is 10.9. The molecule has 0 spiro atoms. The van der Waals surface area contributed by atoms with Crippen LogP contribution in [-0.4, -0.2) is 20.4 Å². The second-order valence-electron chi connectivity index (χ2n) is 3.55. The third kappa shape index (κ3) is 5.70. The Morgan fingerprint density at radius 1 is 0.476 bits per heavy atom. The maximum absolute atomic E-state index is 7.50. The van der Waals surface area contributed by atoms with Gasteiger partial charge in [-0.25, -0.2) is 0 Å². The first-order valence-electron chi connectivity index (χ1n) is 5.42. The van der Waals surface area contributed by atoms with Crippen molar-refractivity contribution in [2.45, 2.75) is 0 Å². The molecule has 3 aromatic carbocycles. The number of benzene rings is 3. The maximum Gasteiger partial charge on any atom is 0.281 e. The van der Waals surface area contributed by atoms with E-state index in [9.17, 15) is 0 Å². The summed E-state index contributed by atoms with van der Waals surface area (Å²) in [7, 11) is 0. The summed E-state index contributed by atoms with van der Waals surface area (Å²) in [5, 5.41) is 5.25. The van der Waals surface area contributed by atoms with E-state index >= 15 is 0 Å². The van der Waals surface area contributed by atoms with Crippen LogP contribution >= 0.6 is 0 Å². The first-order chi connectivity index (χ1) is 9.93. The Morgan fingerprint density at radius 3 is 0.857 bits per heavy atom. The van der Waals surface area contributed by atoms with Crippen LogP contribution in [-0.2, 0) is 31.7 Å². The second kappa shape index (κ2) is 12.7. The first kappa shape index (κ1) is 21.0. The van der Waals surface area contributed by atoms with Gasteiger partial charge in [-0.05, 0) is 33.7 Å². The van der Waals surface area contributed by atoms with Crippen LogP contribution in [0.15, 0.2) is 60.7 Å². The van der Waals surface area contributed by atoms with E-state index in [4.69, 9.17) is 14.4 Å². The largest absolute Gasteiger partial charge is 0.281 e. The van der Waals surface area contributed by atoms with Gasteiger partial charge >= 0.3 is 0 Å². The molecule has 0 heterocycles. The van der Waals surface area contributed by atoms with E-state index in [1.165, 1.54) is 21.5 Å². The van der Waals surface area contributed by atoms with Crippen molar-refractivity contribution in [2.75, 3.05) is 0 Å². The van der Waals surface area contributed by atoms with E-state index < -0.39 is 0 Å². The molecule has 0 aliphatic carbocycles. The summed E-state index contributed by atoms with van der Waals surface area (Å²) in [4.78, 5) is 22.5. The van der Waals surface area contributed by atoms with Crippen LogP contribution in [0.4, 0.5) is 0 Å².